The lowest BCUT2D eigenvalue weighted by Gasteiger charge is -2.48. The number of hydrogen-bond donors (Lipinski definition) is 2. The molecule has 0 spiro atoms. The van der Waals surface area contributed by atoms with Gasteiger partial charge in [0.15, 0.2) is 0 Å². The number of benzene rings is 2. The molecule has 2 saturated heterocycles. The Morgan fingerprint density at radius 1 is 0.915 bits per heavy atom. The molecule has 0 unspecified atom stereocenters. The standard InChI is InChI=1S/C36H48ClN7O2.ClH/c37-30-13-11-28(12-14-30)23-33(40-32-15-19-42(20-16-32)24-34(45)41-31-9-5-2-6-10-31)35(46)43-21-17-36(18-22-43,25-44-27-38-26-39-44)29-7-3-1-4-8-29;/h2,5-6,9-14,26-27,29,32-33,40H,1,3-4,7-8,15-25H2,(H,41,45);1H/t33-;/m1./s1. The van der Waals surface area contributed by atoms with Crippen LogP contribution in [0.5, 0.6) is 0 Å². The van der Waals surface area contributed by atoms with Gasteiger partial charge < -0.3 is 15.5 Å². The highest BCUT2D eigenvalue weighted by Crippen LogP contribution is 2.47. The summed E-state index contributed by atoms with van der Waals surface area (Å²) < 4.78 is 2.01. The van der Waals surface area contributed by atoms with Gasteiger partial charge in [0.1, 0.15) is 12.7 Å². The zero-order chi connectivity index (χ0) is 31.8. The van der Waals surface area contributed by atoms with Gasteiger partial charge in [0.05, 0.1) is 12.6 Å². The second kappa shape index (κ2) is 16.9. The molecule has 1 atom stereocenters. The van der Waals surface area contributed by atoms with Crippen LogP contribution in [0.4, 0.5) is 5.69 Å². The first-order valence-electron chi connectivity index (χ1n) is 17.1. The Balaban J connectivity index is 0.00000433. The lowest BCUT2D eigenvalue weighted by Crippen LogP contribution is -2.56. The summed E-state index contributed by atoms with van der Waals surface area (Å²) in [7, 11) is 0. The minimum Gasteiger partial charge on any atom is -0.341 e. The summed E-state index contributed by atoms with van der Waals surface area (Å²) in [5, 5.41) is 11.9. The van der Waals surface area contributed by atoms with Crippen molar-refractivity contribution in [2.75, 3.05) is 38.0 Å². The lowest BCUT2D eigenvalue weighted by atomic mass is 9.63. The number of carbonyl (C=O) groups excluding carboxylic acids is 2. The average Bonchev–Trinajstić information content (AvgIpc) is 3.60. The van der Waals surface area contributed by atoms with Crippen LogP contribution in [-0.2, 0) is 22.6 Å². The van der Waals surface area contributed by atoms with Gasteiger partial charge in [0.25, 0.3) is 0 Å². The molecule has 1 aromatic heterocycles. The zero-order valence-electron chi connectivity index (χ0n) is 27.2. The Hall–Kier alpha value is -2.98. The number of nitrogens with one attached hydrogen (secondary N) is 2. The molecule has 2 aromatic carbocycles. The van der Waals surface area contributed by atoms with Crippen LogP contribution in [0.3, 0.4) is 0 Å². The number of halogens is 2. The molecule has 3 fully saturated rings. The second-order valence-corrected chi connectivity index (χ2v) is 14.1. The minimum absolute atomic E-state index is 0. The number of rotatable bonds is 11. The molecule has 2 N–H and O–H groups in total. The Morgan fingerprint density at radius 3 is 2.28 bits per heavy atom. The van der Waals surface area contributed by atoms with E-state index < -0.39 is 0 Å². The normalized spacial score (nSPS) is 19.9. The predicted octanol–water partition coefficient (Wildman–Crippen LogP) is 5.85. The summed E-state index contributed by atoms with van der Waals surface area (Å²) in [5.41, 5.74) is 2.08. The number of amides is 2. The van der Waals surface area contributed by atoms with E-state index in [-0.39, 0.29) is 41.7 Å². The van der Waals surface area contributed by atoms with Gasteiger partial charge in [-0.1, -0.05) is 61.2 Å². The number of para-hydroxylation sites is 1. The molecule has 3 aliphatic rings. The number of nitrogens with zero attached hydrogens (tertiary/aromatic N) is 5. The van der Waals surface area contributed by atoms with Crippen molar-refractivity contribution in [2.45, 2.75) is 82.8 Å². The van der Waals surface area contributed by atoms with E-state index >= 15 is 0 Å². The Kier molecular flexibility index (Phi) is 12.7. The van der Waals surface area contributed by atoms with Crippen LogP contribution in [0.15, 0.2) is 67.3 Å². The largest absolute Gasteiger partial charge is 0.341 e. The predicted molar refractivity (Wildman–Crippen MR) is 189 cm³/mol. The fraction of sp³-hybridized carbons (Fsp3) is 0.556. The molecule has 254 valence electrons. The number of piperidine rings is 2. The van der Waals surface area contributed by atoms with Crippen LogP contribution in [0.1, 0.15) is 63.4 Å². The molecule has 0 bridgehead atoms. The molecular weight excluding hydrogens is 633 g/mol. The van der Waals surface area contributed by atoms with Gasteiger partial charge in [-0.2, -0.15) is 5.10 Å². The molecular formula is C36H49Cl2N7O2. The highest BCUT2D eigenvalue weighted by atomic mass is 35.5. The van der Waals surface area contributed by atoms with Crippen molar-refractivity contribution in [3.63, 3.8) is 0 Å². The summed E-state index contributed by atoms with van der Waals surface area (Å²) in [6.45, 7) is 4.44. The third-order valence-corrected chi connectivity index (χ3v) is 10.8. The second-order valence-electron chi connectivity index (χ2n) is 13.6. The van der Waals surface area contributed by atoms with Crippen LogP contribution < -0.4 is 10.6 Å². The van der Waals surface area contributed by atoms with Crippen molar-refractivity contribution >= 4 is 41.5 Å². The Labute approximate surface area is 290 Å². The van der Waals surface area contributed by atoms with Gasteiger partial charge >= 0.3 is 0 Å². The molecule has 6 rings (SSSR count). The molecule has 2 amide bonds. The van der Waals surface area contributed by atoms with Crippen molar-refractivity contribution < 1.29 is 9.59 Å². The number of anilines is 1. The first-order valence-corrected chi connectivity index (χ1v) is 17.5. The first kappa shape index (κ1) is 35.3. The quantitative estimate of drug-likeness (QED) is 0.264. The van der Waals surface area contributed by atoms with E-state index in [1.807, 2.05) is 65.6 Å². The highest BCUT2D eigenvalue weighted by molar-refractivity contribution is 6.30. The SMILES string of the molecule is Cl.O=C(CN1CCC(N[C@H](Cc2ccc(Cl)cc2)C(=O)N2CCC(Cn3cncn3)(C3CCCCC3)CC2)CC1)Nc1ccccc1. The molecule has 9 nitrogen and oxygen atoms in total. The Morgan fingerprint density at radius 2 is 1.62 bits per heavy atom. The fourth-order valence-corrected chi connectivity index (χ4v) is 8.11. The van der Waals surface area contributed by atoms with Crippen molar-refractivity contribution in [1.82, 2.24) is 29.9 Å². The number of likely N-dealkylation sites (tertiary alicyclic amines) is 2. The van der Waals surface area contributed by atoms with Crippen LogP contribution in [0, 0.1) is 11.3 Å². The maximum atomic E-state index is 14.3. The van der Waals surface area contributed by atoms with Crippen LogP contribution in [-0.4, -0.2) is 81.2 Å². The minimum atomic E-state index is -0.309. The summed E-state index contributed by atoms with van der Waals surface area (Å²) in [5.74, 6) is 0.870. The first-order chi connectivity index (χ1) is 22.5. The monoisotopic (exact) mass is 681 g/mol. The van der Waals surface area contributed by atoms with Gasteiger partial charge in [-0.15, -0.1) is 12.4 Å². The number of aromatic nitrogens is 3. The third-order valence-electron chi connectivity index (χ3n) is 10.6. The van der Waals surface area contributed by atoms with E-state index in [4.69, 9.17) is 11.6 Å². The summed E-state index contributed by atoms with van der Waals surface area (Å²) in [6, 6.07) is 17.4. The van der Waals surface area contributed by atoms with Crippen molar-refractivity contribution in [3.05, 3.63) is 77.8 Å². The average molecular weight is 683 g/mol. The number of hydrogen-bond acceptors (Lipinski definition) is 6. The molecule has 0 radical (unpaired) electrons. The molecule has 1 saturated carbocycles. The maximum absolute atomic E-state index is 14.3. The molecule has 47 heavy (non-hydrogen) atoms. The highest BCUT2D eigenvalue weighted by Gasteiger charge is 2.44. The van der Waals surface area contributed by atoms with Crippen LogP contribution >= 0.6 is 24.0 Å². The Bertz CT molecular complexity index is 1380. The molecule has 3 heterocycles. The lowest BCUT2D eigenvalue weighted by molar-refractivity contribution is -0.137. The zero-order valence-corrected chi connectivity index (χ0v) is 28.8. The van der Waals surface area contributed by atoms with Crippen molar-refractivity contribution in [2.24, 2.45) is 11.3 Å². The van der Waals surface area contributed by atoms with E-state index in [1.165, 1.54) is 32.1 Å². The fourth-order valence-electron chi connectivity index (χ4n) is 7.98. The van der Waals surface area contributed by atoms with Gasteiger partial charge in [0, 0.05) is 49.5 Å². The van der Waals surface area contributed by atoms with E-state index in [9.17, 15) is 9.59 Å². The van der Waals surface area contributed by atoms with Gasteiger partial charge in [0.2, 0.25) is 11.8 Å². The van der Waals surface area contributed by atoms with Gasteiger partial charge in [-0.25, -0.2) is 4.98 Å². The van der Waals surface area contributed by atoms with Crippen LogP contribution in [0.2, 0.25) is 5.02 Å². The topological polar surface area (TPSA) is 95.4 Å². The van der Waals surface area contributed by atoms with Crippen LogP contribution in [0.25, 0.3) is 0 Å². The van der Waals surface area contributed by atoms with E-state index in [1.54, 1.807) is 6.33 Å². The van der Waals surface area contributed by atoms with E-state index in [0.717, 1.165) is 69.7 Å². The van der Waals surface area contributed by atoms with Crippen molar-refractivity contribution in [3.8, 4) is 0 Å². The molecule has 2 aliphatic heterocycles. The van der Waals surface area contributed by atoms with E-state index in [0.29, 0.717) is 23.9 Å². The molecule has 1 aliphatic carbocycles. The van der Waals surface area contributed by atoms with E-state index in [2.05, 4.69) is 30.5 Å². The van der Waals surface area contributed by atoms with Gasteiger partial charge in [-0.05, 0) is 86.1 Å². The van der Waals surface area contributed by atoms with Crippen molar-refractivity contribution in [1.29, 1.82) is 0 Å². The smallest absolute Gasteiger partial charge is 0.240 e. The molecule has 3 aromatic rings. The maximum Gasteiger partial charge on any atom is 0.240 e. The number of carbonyl (C=O) groups is 2. The summed E-state index contributed by atoms with van der Waals surface area (Å²) >= 11 is 6.19. The summed E-state index contributed by atoms with van der Waals surface area (Å²) in [6.07, 6.45) is 14.4. The summed E-state index contributed by atoms with van der Waals surface area (Å²) in [4.78, 5) is 35.4. The van der Waals surface area contributed by atoms with Gasteiger partial charge in [-0.3, -0.25) is 19.2 Å². The molecule has 11 heteroatoms. The third kappa shape index (κ3) is 9.56.